The van der Waals surface area contributed by atoms with E-state index in [1.54, 1.807) is 0 Å². The Labute approximate surface area is 110 Å². The predicted octanol–water partition coefficient (Wildman–Crippen LogP) is 1.47. The van der Waals surface area contributed by atoms with Crippen LogP contribution in [-0.2, 0) is 4.79 Å². The second kappa shape index (κ2) is 5.49. The maximum atomic E-state index is 13.5. The third kappa shape index (κ3) is 2.99. The molecule has 102 valence electrons. The molecule has 1 aliphatic heterocycles. The molecule has 19 heavy (non-hydrogen) atoms. The van der Waals surface area contributed by atoms with Crippen molar-refractivity contribution in [3.63, 3.8) is 0 Å². The van der Waals surface area contributed by atoms with Gasteiger partial charge in [0.05, 0.1) is 17.0 Å². The van der Waals surface area contributed by atoms with Gasteiger partial charge in [-0.1, -0.05) is 0 Å². The standard InChI is InChI=1S/C10H9F2N3O3S/c11-5-1-6(12)9(8(2-5)15(17)18)14-10(16)7-3-19-4-13-7/h1-2,7,13H,3-4H2,(H,14,16). The fourth-order valence-electron chi connectivity index (χ4n) is 1.60. The Morgan fingerprint density at radius 2 is 2.26 bits per heavy atom. The molecule has 0 bridgehead atoms. The van der Waals surface area contributed by atoms with Crippen molar-refractivity contribution in [2.45, 2.75) is 6.04 Å². The third-order valence-electron chi connectivity index (χ3n) is 2.51. The van der Waals surface area contributed by atoms with Crippen molar-refractivity contribution >= 4 is 29.0 Å². The number of carbonyl (C=O) groups is 1. The summed E-state index contributed by atoms with van der Waals surface area (Å²) >= 11 is 1.48. The van der Waals surface area contributed by atoms with Crippen LogP contribution >= 0.6 is 11.8 Å². The summed E-state index contributed by atoms with van der Waals surface area (Å²) in [6.07, 6.45) is 0. The predicted molar refractivity (Wildman–Crippen MR) is 65.9 cm³/mol. The number of hydrogen-bond donors (Lipinski definition) is 2. The number of benzene rings is 1. The summed E-state index contributed by atoms with van der Waals surface area (Å²) in [5.41, 5.74) is -1.42. The number of nitrogens with zero attached hydrogens (tertiary/aromatic N) is 1. The molecule has 2 N–H and O–H groups in total. The van der Waals surface area contributed by atoms with Crippen LogP contribution in [0.25, 0.3) is 0 Å². The molecule has 1 amide bonds. The molecular weight excluding hydrogens is 280 g/mol. The average molecular weight is 289 g/mol. The first-order chi connectivity index (χ1) is 8.99. The maximum Gasteiger partial charge on any atom is 0.298 e. The number of nitro benzene ring substituents is 1. The minimum atomic E-state index is -1.18. The Morgan fingerprint density at radius 1 is 1.53 bits per heavy atom. The van der Waals surface area contributed by atoms with Crippen molar-refractivity contribution in [3.8, 4) is 0 Å². The first-order valence-corrected chi connectivity index (χ1v) is 6.40. The van der Waals surface area contributed by atoms with E-state index in [2.05, 4.69) is 10.6 Å². The van der Waals surface area contributed by atoms with E-state index < -0.39 is 39.9 Å². The molecule has 1 aromatic carbocycles. The van der Waals surface area contributed by atoms with Crippen molar-refractivity contribution in [2.24, 2.45) is 0 Å². The molecule has 1 saturated heterocycles. The quantitative estimate of drug-likeness (QED) is 0.650. The Hall–Kier alpha value is -1.74. The van der Waals surface area contributed by atoms with Crippen molar-refractivity contribution in [1.29, 1.82) is 0 Å². The zero-order valence-corrected chi connectivity index (χ0v) is 10.3. The minimum Gasteiger partial charge on any atom is -0.317 e. The fraction of sp³-hybridized carbons (Fsp3) is 0.300. The Bertz CT molecular complexity index is 535. The SMILES string of the molecule is O=C(Nc1c(F)cc(F)cc1[N+](=O)[O-])C1CSCN1. The number of halogens is 2. The summed E-state index contributed by atoms with van der Waals surface area (Å²) in [5, 5.41) is 15.7. The van der Waals surface area contributed by atoms with Crippen LogP contribution in [0.5, 0.6) is 0 Å². The van der Waals surface area contributed by atoms with E-state index in [4.69, 9.17) is 0 Å². The summed E-state index contributed by atoms with van der Waals surface area (Å²) in [6.45, 7) is 0. The molecule has 9 heteroatoms. The van der Waals surface area contributed by atoms with Gasteiger partial charge in [0, 0.05) is 17.7 Å². The van der Waals surface area contributed by atoms with E-state index in [-0.39, 0.29) is 0 Å². The average Bonchev–Trinajstić information content (AvgIpc) is 2.85. The van der Waals surface area contributed by atoms with Crippen molar-refractivity contribution in [3.05, 3.63) is 33.9 Å². The minimum absolute atomic E-state index is 0.486. The van der Waals surface area contributed by atoms with Gasteiger partial charge in [0.2, 0.25) is 5.91 Å². The lowest BCUT2D eigenvalue weighted by Gasteiger charge is -2.11. The van der Waals surface area contributed by atoms with E-state index in [1.165, 1.54) is 11.8 Å². The van der Waals surface area contributed by atoms with Crippen LogP contribution in [-0.4, -0.2) is 28.5 Å². The van der Waals surface area contributed by atoms with Crippen LogP contribution in [0.2, 0.25) is 0 Å². The van der Waals surface area contributed by atoms with E-state index in [9.17, 15) is 23.7 Å². The topological polar surface area (TPSA) is 84.3 Å². The molecule has 0 aliphatic carbocycles. The maximum absolute atomic E-state index is 13.5. The molecule has 1 aliphatic rings. The molecule has 0 saturated carbocycles. The first kappa shape index (κ1) is 13.7. The monoisotopic (exact) mass is 289 g/mol. The van der Waals surface area contributed by atoms with Crippen molar-refractivity contribution in [2.75, 3.05) is 16.9 Å². The molecular formula is C10H9F2N3O3S. The molecule has 1 heterocycles. The van der Waals surface area contributed by atoms with Gasteiger partial charge in [-0.25, -0.2) is 8.78 Å². The highest BCUT2D eigenvalue weighted by molar-refractivity contribution is 7.99. The van der Waals surface area contributed by atoms with Crippen LogP contribution in [0, 0.1) is 21.7 Å². The van der Waals surface area contributed by atoms with Crippen LogP contribution in [0.4, 0.5) is 20.2 Å². The molecule has 0 aromatic heterocycles. The van der Waals surface area contributed by atoms with Gasteiger partial charge in [-0.2, -0.15) is 0 Å². The number of carbonyl (C=O) groups excluding carboxylic acids is 1. The van der Waals surface area contributed by atoms with E-state index >= 15 is 0 Å². The second-order valence-corrected chi connectivity index (χ2v) is 4.83. The van der Waals surface area contributed by atoms with Crippen LogP contribution in [0.1, 0.15) is 0 Å². The number of thioether (sulfide) groups is 1. The lowest BCUT2D eigenvalue weighted by molar-refractivity contribution is -0.384. The number of amides is 1. The smallest absolute Gasteiger partial charge is 0.298 e. The highest BCUT2D eigenvalue weighted by atomic mass is 32.2. The highest BCUT2D eigenvalue weighted by Gasteiger charge is 2.27. The van der Waals surface area contributed by atoms with Crippen molar-refractivity contribution in [1.82, 2.24) is 5.32 Å². The summed E-state index contributed by atoms with van der Waals surface area (Å²) in [5.74, 6) is -1.77. The van der Waals surface area contributed by atoms with E-state index in [0.29, 0.717) is 23.8 Å². The largest absolute Gasteiger partial charge is 0.317 e. The molecule has 0 spiro atoms. The summed E-state index contributed by atoms with van der Waals surface area (Å²) in [4.78, 5) is 21.5. The first-order valence-electron chi connectivity index (χ1n) is 5.24. The fourth-order valence-corrected chi connectivity index (χ4v) is 2.54. The highest BCUT2D eigenvalue weighted by Crippen LogP contribution is 2.29. The molecule has 1 aromatic rings. The zero-order valence-electron chi connectivity index (χ0n) is 9.48. The molecule has 1 atom stereocenters. The number of nitrogens with one attached hydrogen (secondary N) is 2. The Balaban J connectivity index is 2.28. The number of anilines is 1. The molecule has 1 fully saturated rings. The number of nitro groups is 1. The molecule has 1 unspecified atom stereocenters. The Kier molecular flexibility index (Phi) is 3.96. The van der Waals surface area contributed by atoms with Gasteiger partial charge in [0.25, 0.3) is 5.69 Å². The van der Waals surface area contributed by atoms with Gasteiger partial charge in [0.1, 0.15) is 5.82 Å². The summed E-state index contributed by atoms with van der Waals surface area (Å²) in [6, 6.07) is 0.503. The van der Waals surface area contributed by atoms with E-state index in [1.807, 2.05) is 0 Å². The van der Waals surface area contributed by atoms with Gasteiger partial charge < -0.3 is 5.32 Å². The van der Waals surface area contributed by atoms with Crippen LogP contribution < -0.4 is 10.6 Å². The number of hydrogen-bond acceptors (Lipinski definition) is 5. The summed E-state index contributed by atoms with van der Waals surface area (Å²) < 4.78 is 26.5. The van der Waals surface area contributed by atoms with Gasteiger partial charge in [-0.15, -0.1) is 11.8 Å². The van der Waals surface area contributed by atoms with Gasteiger partial charge >= 0.3 is 0 Å². The lowest BCUT2D eigenvalue weighted by atomic mass is 10.2. The Morgan fingerprint density at radius 3 is 2.84 bits per heavy atom. The normalized spacial score (nSPS) is 18.3. The zero-order chi connectivity index (χ0) is 14.0. The van der Waals surface area contributed by atoms with Gasteiger partial charge in [-0.05, 0) is 0 Å². The molecule has 0 radical (unpaired) electrons. The summed E-state index contributed by atoms with van der Waals surface area (Å²) in [7, 11) is 0. The second-order valence-electron chi connectivity index (χ2n) is 3.80. The van der Waals surface area contributed by atoms with Crippen LogP contribution in [0.15, 0.2) is 12.1 Å². The number of rotatable bonds is 3. The van der Waals surface area contributed by atoms with Crippen molar-refractivity contribution < 1.29 is 18.5 Å². The van der Waals surface area contributed by atoms with Gasteiger partial charge in [-0.3, -0.25) is 20.2 Å². The molecule has 2 rings (SSSR count). The molecule has 6 nitrogen and oxygen atoms in total. The van der Waals surface area contributed by atoms with Crippen LogP contribution in [0.3, 0.4) is 0 Å². The van der Waals surface area contributed by atoms with Gasteiger partial charge in [0.15, 0.2) is 11.5 Å². The van der Waals surface area contributed by atoms with E-state index in [0.717, 1.165) is 0 Å². The lowest BCUT2D eigenvalue weighted by Crippen LogP contribution is -2.37. The third-order valence-corrected chi connectivity index (χ3v) is 3.45.